The summed E-state index contributed by atoms with van der Waals surface area (Å²) in [5.41, 5.74) is 2.22. The summed E-state index contributed by atoms with van der Waals surface area (Å²) in [4.78, 5) is 4.29. The first-order chi connectivity index (χ1) is 9.90. The molecule has 1 heterocycles. The maximum atomic E-state index is 5.30. The van der Waals surface area contributed by atoms with Gasteiger partial charge in [0.2, 0.25) is 0 Å². The van der Waals surface area contributed by atoms with E-state index in [0.717, 1.165) is 36.5 Å². The molecule has 0 aliphatic heterocycles. The van der Waals surface area contributed by atoms with Gasteiger partial charge in [0.05, 0.1) is 7.11 Å². The third-order valence-corrected chi connectivity index (χ3v) is 2.98. The maximum absolute atomic E-state index is 5.30. The van der Waals surface area contributed by atoms with Crippen molar-refractivity contribution in [3.8, 4) is 5.75 Å². The van der Waals surface area contributed by atoms with E-state index in [-0.39, 0.29) is 0 Å². The molecular formula is C17H20N2O. The Labute approximate surface area is 120 Å². The molecule has 20 heavy (non-hydrogen) atoms. The van der Waals surface area contributed by atoms with Gasteiger partial charge in [0, 0.05) is 37.0 Å². The van der Waals surface area contributed by atoms with Gasteiger partial charge in [0.15, 0.2) is 0 Å². The number of nitrogens with zero attached hydrogens (tertiary/aromatic N) is 1. The minimum atomic E-state index is 0.838. The molecule has 104 valence electrons. The van der Waals surface area contributed by atoms with E-state index in [1.165, 1.54) is 0 Å². The number of methoxy groups -OCH3 is 1. The summed E-state index contributed by atoms with van der Waals surface area (Å²) in [5, 5.41) is 3.37. The first-order valence-corrected chi connectivity index (χ1v) is 6.80. The molecule has 1 aromatic carbocycles. The van der Waals surface area contributed by atoms with Gasteiger partial charge in [-0.3, -0.25) is 4.98 Å². The Balaban J connectivity index is 1.72. The van der Waals surface area contributed by atoms with E-state index in [0.29, 0.717) is 0 Å². The quantitative estimate of drug-likeness (QED) is 0.784. The Morgan fingerprint density at radius 2 is 2.00 bits per heavy atom. The van der Waals surface area contributed by atoms with Crippen LogP contribution in [0, 0.1) is 0 Å². The van der Waals surface area contributed by atoms with Gasteiger partial charge in [-0.2, -0.15) is 0 Å². The summed E-state index contributed by atoms with van der Waals surface area (Å²) < 4.78 is 5.30. The second-order valence-electron chi connectivity index (χ2n) is 4.42. The number of nitrogens with one attached hydrogen (secondary N) is 1. The lowest BCUT2D eigenvalue weighted by molar-refractivity contribution is 0.414. The van der Waals surface area contributed by atoms with E-state index in [1.807, 2.05) is 48.7 Å². The van der Waals surface area contributed by atoms with Crippen LogP contribution in [0.5, 0.6) is 5.75 Å². The molecule has 0 aliphatic rings. The highest BCUT2D eigenvalue weighted by molar-refractivity contribution is 5.57. The van der Waals surface area contributed by atoms with Crippen LogP contribution < -0.4 is 10.1 Å². The summed E-state index contributed by atoms with van der Waals surface area (Å²) in [6, 6.07) is 14.0. The van der Waals surface area contributed by atoms with Crippen molar-refractivity contribution in [2.75, 3.05) is 20.2 Å². The second-order valence-corrected chi connectivity index (χ2v) is 4.42. The van der Waals surface area contributed by atoms with E-state index in [2.05, 4.69) is 22.5 Å². The lowest BCUT2D eigenvalue weighted by Crippen LogP contribution is -2.17. The van der Waals surface area contributed by atoms with Gasteiger partial charge < -0.3 is 10.1 Å². The number of ether oxygens (including phenoxy) is 1. The van der Waals surface area contributed by atoms with Crippen LogP contribution in [0.3, 0.4) is 0 Å². The van der Waals surface area contributed by atoms with E-state index in [4.69, 9.17) is 4.74 Å². The Morgan fingerprint density at radius 3 is 2.80 bits per heavy atom. The van der Waals surface area contributed by atoms with Gasteiger partial charge in [0.25, 0.3) is 0 Å². The normalized spacial score (nSPS) is 10.8. The number of rotatable bonds is 7. The fourth-order valence-electron chi connectivity index (χ4n) is 1.94. The fourth-order valence-corrected chi connectivity index (χ4v) is 1.94. The molecule has 2 aromatic rings. The Morgan fingerprint density at radius 1 is 1.15 bits per heavy atom. The van der Waals surface area contributed by atoms with E-state index < -0.39 is 0 Å². The molecule has 0 radical (unpaired) electrons. The summed E-state index contributed by atoms with van der Waals surface area (Å²) in [5.74, 6) is 0.900. The Kier molecular flexibility index (Phi) is 5.80. The van der Waals surface area contributed by atoms with Crippen LogP contribution in [0.1, 0.15) is 11.3 Å². The van der Waals surface area contributed by atoms with Gasteiger partial charge in [-0.05, 0) is 18.2 Å². The summed E-state index contributed by atoms with van der Waals surface area (Å²) in [6.07, 6.45) is 6.96. The molecular weight excluding hydrogens is 248 g/mol. The molecule has 3 nitrogen and oxygen atoms in total. The minimum Gasteiger partial charge on any atom is -0.496 e. The predicted octanol–water partition coefficient (Wildman–Crippen LogP) is 2.94. The van der Waals surface area contributed by atoms with Crippen LogP contribution in [-0.4, -0.2) is 25.2 Å². The summed E-state index contributed by atoms with van der Waals surface area (Å²) in [7, 11) is 1.69. The third kappa shape index (κ3) is 4.52. The topological polar surface area (TPSA) is 34.1 Å². The van der Waals surface area contributed by atoms with Gasteiger partial charge in [-0.15, -0.1) is 0 Å². The molecule has 1 aromatic heterocycles. The zero-order chi connectivity index (χ0) is 14.0. The third-order valence-electron chi connectivity index (χ3n) is 2.98. The average Bonchev–Trinajstić information content (AvgIpc) is 2.52. The standard InChI is InChI=1S/C17H20N2O/c1-20-17-10-3-2-7-15(17)8-6-12-18-14-11-16-9-4-5-13-19-16/h2-10,13,18H,11-12,14H2,1H3/b8-6+. The first kappa shape index (κ1) is 14.3. The van der Waals surface area contributed by atoms with Crippen molar-refractivity contribution < 1.29 is 4.74 Å². The number of hydrogen-bond donors (Lipinski definition) is 1. The van der Waals surface area contributed by atoms with Gasteiger partial charge >= 0.3 is 0 Å². The average molecular weight is 268 g/mol. The highest BCUT2D eigenvalue weighted by Gasteiger charge is 1.96. The molecule has 0 unspecified atom stereocenters. The SMILES string of the molecule is COc1ccccc1/C=C/CNCCc1ccccn1. The number of pyridine rings is 1. The molecule has 1 N–H and O–H groups in total. The monoisotopic (exact) mass is 268 g/mol. The highest BCUT2D eigenvalue weighted by Crippen LogP contribution is 2.18. The van der Waals surface area contributed by atoms with Gasteiger partial charge in [-0.25, -0.2) is 0 Å². The van der Waals surface area contributed by atoms with E-state index >= 15 is 0 Å². The lowest BCUT2D eigenvalue weighted by atomic mass is 10.2. The molecule has 0 amide bonds. The molecule has 0 saturated heterocycles. The van der Waals surface area contributed by atoms with Crippen LogP contribution >= 0.6 is 0 Å². The molecule has 0 bridgehead atoms. The number of para-hydroxylation sites is 1. The van der Waals surface area contributed by atoms with E-state index in [1.54, 1.807) is 7.11 Å². The number of aromatic nitrogens is 1. The van der Waals surface area contributed by atoms with Crippen molar-refractivity contribution in [2.45, 2.75) is 6.42 Å². The van der Waals surface area contributed by atoms with Crippen molar-refractivity contribution in [1.82, 2.24) is 10.3 Å². The smallest absolute Gasteiger partial charge is 0.126 e. The molecule has 0 saturated carbocycles. The van der Waals surface area contributed by atoms with Crippen molar-refractivity contribution in [3.63, 3.8) is 0 Å². The molecule has 0 atom stereocenters. The molecule has 2 rings (SSSR count). The van der Waals surface area contributed by atoms with Crippen molar-refractivity contribution in [1.29, 1.82) is 0 Å². The van der Waals surface area contributed by atoms with Crippen LogP contribution in [0.25, 0.3) is 6.08 Å². The molecule has 0 fully saturated rings. The Hall–Kier alpha value is -2.13. The minimum absolute atomic E-state index is 0.838. The lowest BCUT2D eigenvalue weighted by Gasteiger charge is -2.04. The van der Waals surface area contributed by atoms with E-state index in [9.17, 15) is 0 Å². The summed E-state index contributed by atoms with van der Waals surface area (Å²) >= 11 is 0. The fraction of sp³-hybridized carbons (Fsp3) is 0.235. The predicted molar refractivity (Wildman–Crippen MR) is 82.8 cm³/mol. The van der Waals surface area contributed by atoms with Crippen LogP contribution in [0.2, 0.25) is 0 Å². The van der Waals surface area contributed by atoms with Crippen LogP contribution in [-0.2, 0) is 6.42 Å². The largest absolute Gasteiger partial charge is 0.496 e. The molecule has 3 heteroatoms. The Bertz CT molecular complexity index is 538. The maximum Gasteiger partial charge on any atom is 0.126 e. The molecule has 0 aliphatic carbocycles. The van der Waals surface area contributed by atoms with Crippen molar-refractivity contribution in [2.24, 2.45) is 0 Å². The highest BCUT2D eigenvalue weighted by atomic mass is 16.5. The number of benzene rings is 1. The van der Waals surface area contributed by atoms with Crippen molar-refractivity contribution in [3.05, 3.63) is 66.0 Å². The van der Waals surface area contributed by atoms with Gasteiger partial charge in [-0.1, -0.05) is 36.4 Å². The number of hydrogen-bond acceptors (Lipinski definition) is 3. The molecule has 0 spiro atoms. The second kappa shape index (κ2) is 8.12. The summed E-state index contributed by atoms with van der Waals surface area (Å²) in [6.45, 7) is 1.76. The zero-order valence-corrected chi connectivity index (χ0v) is 11.8. The van der Waals surface area contributed by atoms with Crippen LogP contribution in [0.4, 0.5) is 0 Å². The first-order valence-electron chi connectivity index (χ1n) is 6.80. The zero-order valence-electron chi connectivity index (χ0n) is 11.8. The van der Waals surface area contributed by atoms with Crippen LogP contribution in [0.15, 0.2) is 54.7 Å². The van der Waals surface area contributed by atoms with Crippen molar-refractivity contribution >= 4 is 6.08 Å². The van der Waals surface area contributed by atoms with Gasteiger partial charge in [0.1, 0.15) is 5.75 Å².